The van der Waals surface area contributed by atoms with Gasteiger partial charge in [0.2, 0.25) is 0 Å². The highest BCUT2D eigenvalue weighted by molar-refractivity contribution is 6.42. The normalized spacial score (nSPS) is 9.67. The first-order valence-corrected chi connectivity index (χ1v) is 2.23. The van der Waals surface area contributed by atoms with Crippen molar-refractivity contribution in [3.63, 3.8) is 0 Å². The molecule has 0 aliphatic rings. The van der Waals surface area contributed by atoms with Crippen LogP contribution in [0.4, 0.5) is 0 Å². The smallest absolute Gasteiger partial charge is 0.163 e. The third kappa shape index (κ3) is 3.76. The third-order valence-electron chi connectivity index (χ3n) is 0.569. The molecule has 0 spiro atoms. The lowest BCUT2D eigenvalue weighted by Gasteiger charge is -1.73. The van der Waals surface area contributed by atoms with Gasteiger partial charge in [-0.25, -0.2) is 0 Å². The second-order valence-corrected chi connectivity index (χ2v) is 1.15. The van der Waals surface area contributed by atoms with Crippen LogP contribution in [0.5, 0.6) is 0 Å². The van der Waals surface area contributed by atoms with E-state index in [1.165, 1.54) is 0 Å². The molecule has 0 aliphatic carbocycles. The van der Waals surface area contributed by atoms with Crippen molar-refractivity contribution < 1.29 is 0 Å². The van der Waals surface area contributed by atoms with Gasteiger partial charge in [0.25, 0.3) is 0 Å². The van der Waals surface area contributed by atoms with E-state index < -0.39 is 0 Å². The summed E-state index contributed by atoms with van der Waals surface area (Å²) in [5.74, 6) is 2.06. The van der Waals surface area contributed by atoms with E-state index >= 15 is 0 Å². The molecular weight excluding hydrogens is 72.9 g/mol. The Balaban J connectivity index is 2.66. The predicted octanol–water partition coefficient (Wildman–Crippen LogP) is -0.127. The highest BCUT2D eigenvalue weighted by atomic mass is 14.5. The average Bonchev–Trinajstić information content (AvgIpc) is 1.61. The van der Waals surface area contributed by atoms with Gasteiger partial charge < -0.3 is 5.73 Å². The summed E-state index contributed by atoms with van der Waals surface area (Å²) in [6.07, 6.45) is 2.78. The van der Waals surface area contributed by atoms with Crippen molar-refractivity contribution >= 4 is 7.28 Å². The molecule has 0 bridgehead atoms. The van der Waals surface area contributed by atoms with Crippen LogP contribution in [0.15, 0.2) is 12.1 Å². The quantitative estimate of drug-likeness (QED) is 0.462. The lowest BCUT2D eigenvalue weighted by molar-refractivity contribution is 1.37. The lowest BCUT2D eigenvalue weighted by Crippen LogP contribution is -2.05. The molecular formula is C4H10BN. The zero-order chi connectivity index (χ0) is 4.83. The van der Waals surface area contributed by atoms with Crippen LogP contribution in [0.1, 0.15) is 6.92 Å². The van der Waals surface area contributed by atoms with Gasteiger partial charge in [-0.2, -0.15) is 0 Å². The molecule has 1 nitrogen and oxygen atoms in total. The van der Waals surface area contributed by atoms with Gasteiger partial charge in [0.15, 0.2) is 7.28 Å². The van der Waals surface area contributed by atoms with Crippen molar-refractivity contribution in [2.24, 2.45) is 5.73 Å². The summed E-state index contributed by atoms with van der Waals surface area (Å²) < 4.78 is 0. The predicted molar refractivity (Wildman–Crippen MR) is 31.0 cm³/mol. The first-order chi connectivity index (χ1) is 2.91. The fraction of sp³-hybridized carbons (Fsp3) is 0.500. The maximum absolute atomic E-state index is 5.16. The molecule has 0 fully saturated rings. The van der Waals surface area contributed by atoms with Crippen molar-refractivity contribution in [3.8, 4) is 0 Å². The number of hydrogen-bond donors (Lipinski definition) is 1. The summed E-state index contributed by atoms with van der Waals surface area (Å²) in [5.41, 5.74) is 5.16. The summed E-state index contributed by atoms with van der Waals surface area (Å²) in [5, 5.41) is 0. The van der Waals surface area contributed by atoms with Gasteiger partial charge >= 0.3 is 0 Å². The average molecular weight is 82.9 g/mol. The fourth-order valence-corrected chi connectivity index (χ4v) is 0.263. The Hall–Kier alpha value is -0.235. The van der Waals surface area contributed by atoms with Crippen LogP contribution in [0.25, 0.3) is 0 Å². The van der Waals surface area contributed by atoms with Gasteiger partial charge in [-0.15, -0.1) is 12.1 Å². The first kappa shape index (κ1) is 5.76. The van der Waals surface area contributed by atoms with Gasteiger partial charge in [-0.1, -0.05) is 0 Å². The number of nitrogens with two attached hydrogens (primary N) is 1. The molecule has 0 rings (SSSR count). The molecule has 0 aromatic rings. The highest BCUT2D eigenvalue weighted by Crippen LogP contribution is 1.60. The van der Waals surface area contributed by atoms with Crippen LogP contribution in [-0.4, -0.2) is 13.7 Å². The van der Waals surface area contributed by atoms with E-state index in [1.807, 2.05) is 13.0 Å². The number of rotatable bonds is 2. The molecule has 0 heterocycles. The van der Waals surface area contributed by atoms with Crippen LogP contribution >= 0.6 is 0 Å². The van der Waals surface area contributed by atoms with Crippen molar-refractivity contribution in [3.05, 3.63) is 12.1 Å². The third-order valence-corrected chi connectivity index (χ3v) is 0.569. The summed E-state index contributed by atoms with van der Waals surface area (Å²) in [7, 11) is 1.01. The molecule has 0 aromatic heterocycles. The Morgan fingerprint density at radius 1 is 1.83 bits per heavy atom. The van der Waals surface area contributed by atoms with Crippen LogP contribution in [0.2, 0.25) is 0 Å². The second-order valence-electron chi connectivity index (χ2n) is 1.15. The van der Waals surface area contributed by atoms with Gasteiger partial charge in [-0.05, 0) is 13.4 Å². The van der Waals surface area contributed by atoms with Crippen LogP contribution in [0.3, 0.4) is 0 Å². The van der Waals surface area contributed by atoms with Crippen molar-refractivity contribution in [2.45, 2.75) is 6.92 Å². The van der Waals surface area contributed by atoms with E-state index in [0.29, 0.717) is 0 Å². The second kappa shape index (κ2) is 4.76. The standard InChI is InChI=1S/C4H10BN/c1-2-3-5-4-6/h2-3,5H,4,6H2,1H3/b3-2+. The molecule has 0 aromatic carbocycles. The molecule has 0 amide bonds. The molecule has 0 saturated heterocycles. The minimum Gasteiger partial charge on any atom is -0.337 e. The van der Waals surface area contributed by atoms with E-state index in [1.54, 1.807) is 0 Å². The Kier molecular flexibility index (Phi) is 4.58. The Morgan fingerprint density at radius 2 is 2.50 bits per heavy atom. The molecule has 34 valence electrons. The lowest BCUT2D eigenvalue weighted by atomic mass is 9.79. The van der Waals surface area contributed by atoms with Gasteiger partial charge in [0, 0.05) is 0 Å². The van der Waals surface area contributed by atoms with E-state index in [0.717, 1.165) is 13.7 Å². The van der Waals surface area contributed by atoms with Crippen molar-refractivity contribution in [1.29, 1.82) is 0 Å². The Labute approximate surface area is 39.5 Å². The number of hydrogen-bond acceptors (Lipinski definition) is 1. The van der Waals surface area contributed by atoms with Gasteiger partial charge in [0.1, 0.15) is 0 Å². The SMILES string of the molecule is C/C=C/BCN. The molecule has 6 heavy (non-hydrogen) atoms. The minimum absolute atomic E-state index is 0.768. The summed E-state index contributed by atoms with van der Waals surface area (Å²) in [4.78, 5) is 0. The number of allylic oxidation sites excluding steroid dienone is 1. The maximum atomic E-state index is 5.16. The molecule has 0 saturated carbocycles. The van der Waals surface area contributed by atoms with E-state index in [4.69, 9.17) is 5.73 Å². The summed E-state index contributed by atoms with van der Waals surface area (Å²) >= 11 is 0. The zero-order valence-electron chi connectivity index (χ0n) is 4.15. The molecule has 0 radical (unpaired) electrons. The van der Waals surface area contributed by atoms with E-state index in [2.05, 4.69) is 5.98 Å². The summed E-state index contributed by atoms with van der Waals surface area (Å²) in [6, 6.07) is 0. The maximum Gasteiger partial charge on any atom is 0.163 e. The Bertz CT molecular complexity index is 42.8. The van der Waals surface area contributed by atoms with Crippen LogP contribution in [-0.2, 0) is 0 Å². The molecule has 2 heteroatoms. The van der Waals surface area contributed by atoms with Crippen LogP contribution in [0, 0.1) is 0 Å². The van der Waals surface area contributed by atoms with Gasteiger partial charge in [0.05, 0.1) is 0 Å². The van der Waals surface area contributed by atoms with Gasteiger partial charge in [-0.3, -0.25) is 0 Å². The molecule has 0 unspecified atom stereocenters. The first-order valence-electron chi connectivity index (χ1n) is 2.23. The largest absolute Gasteiger partial charge is 0.337 e. The Morgan fingerprint density at radius 3 is 2.67 bits per heavy atom. The topological polar surface area (TPSA) is 26.0 Å². The molecule has 0 aliphatic heterocycles. The highest BCUT2D eigenvalue weighted by Gasteiger charge is 1.69. The zero-order valence-corrected chi connectivity index (χ0v) is 4.15. The van der Waals surface area contributed by atoms with Crippen LogP contribution < -0.4 is 5.73 Å². The molecule has 0 atom stereocenters. The van der Waals surface area contributed by atoms with Crippen molar-refractivity contribution in [2.75, 3.05) is 6.44 Å². The fourth-order valence-electron chi connectivity index (χ4n) is 0.263. The monoisotopic (exact) mass is 83.1 g/mol. The van der Waals surface area contributed by atoms with E-state index in [9.17, 15) is 0 Å². The molecule has 2 N–H and O–H groups in total. The minimum atomic E-state index is 0.768. The summed E-state index contributed by atoms with van der Waals surface area (Å²) in [6.45, 7) is 2.00. The van der Waals surface area contributed by atoms with Crippen molar-refractivity contribution in [1.82, 2.24) is 0 Å². The van der Waals surface area contributed by atoms with E-state index in [-0.39, 0.29) is 0 Å².